The van der Waals surface area contributed by atoms with Crippen LogP contribution >= 0.6 is 0 Å². The molecule has 0 aliphatic carbocycles. The summed E-state index contributed by atoms with van der Waals surface area (Å²) in [5.74, 6) is -0.168. The maximum absolute atomic E-state index is 13.8. The molecule has 0 radical (unpaired) electrons. The van der Waals surface area contributed by atoms with Crippen molar-refractivity contribution in [1.82, 2.24) is 20.0 Å². The highest BCUT2D eigenvalue weighted by molar-refractivity contribution is 5.89. The summed E-state index contributed by atoms with van der Waals surface area (Å²) in [5.41, 5.74) is 2.22. The summed E-state index contributed by atoms with van der Waals surface area (Å²) < 4.78 is 33.8. The first-order valence-corrected chi connectivity index (χ1v) is 10.8. The highest BCUT2D eigenvalue weighted by Crippen LogP contribution is 2.28. The Kier molecular flexibility index (Phi) is 7.00. The van der Waals surface area contributed by atoms with Gasteiger partial charge in [0.15, 0.2) is 0 Å². The van der Waals surface area contributed by atoms with Gasteiger partial charge in [-0.05, 0) is 42.0 Å². The zero-order chi connectivity index (χ0) is 23.4. The summed E-state index contributed by atoms with van der Waals surface area (Å²) in [4.78, 5) is 15.0. The Morgan fingerprint density at radius 3 is 2.64 bits per heavy atom. The zero-order valence-corrected chi connectivity index (χ0v) is 18.6. The van der Waals surface area contributed by atoms with Gasteiger partial charge in [0.1, 0.15) is 17.5 Å². The van der Waals surface area contributed by atoms with Crippen LogP contribution in [0.5, 0.6) is 0 Å². The first kappa shape index (κ1) is 22.9. The Labute approximate surface area is 191 Å². The summed E-state index contributed by atoms with van der Waals surface area (Å²) >= 11 is 0. The van der Waals surface area contributed by atoms with E-state index in [-0.39, 0.29) is 29.6 Å². The number of nitrogens with zero attached hydrogens (tertiary/aromatic N) is 3. The lowest BCUT2D eigenvalue weighted by Crippen LogP contribution is -2.42. The number of aryl methyl sites for hydroxylation is 1. The normalized spacial score (nSPS) is 18.4. The molecular formula is C24H27F2N5O2. The molecule has 9 heteroatoms. The van der Waals surface area contributed by atoms with Gasteiger partial charge >= 0.3 is 6.03 Å². The van der Waals surface area contributed by atoms with Gasteiger partial charge in [0.2, 0.25) is 0 Å². The van der Waals surface area contributed by atoms with E-state index in [4.69, 9.17) is 4.74 Å². The third-order valence-electron chi connectivity index (χ3n) is 5.86. The molecule has 2 unspecified atom stereocenters. The largest absolute Gasteiger partial charge is 0.383 e. The molecule has 2 N–H and O–H groups in total. The molecule has 2 atom stereocenters. The quantitative estimate of drug-likeness (QED) is 0.571. The number of halogens is 2. The number of amides is 2. The number of methoxy groups -OCH3 is 1. The van der Waals surface area contributed by atoms with E-state index >= 15 is 0 Å². The number of hydrogen-bond acceptors (Lipinski definition) is 4. The predicted octanol–water partition coefficient (Wildman–Crippen LogP) is 3.60. The smallest absolute Gasteiger partial charge is 0.320 e. The van der Waals surface area contributed by atoms with Crippen LogP contribution in [0.15, 0.2) is 54.6 Å². The number of urea groups is 1. The molecule has 1 aliphatic rings. The molecule has 1 saturated heterocycles. The second kappa shape index (κ2) is 10.1. The molecular weight excluding hydrogens is 428 g/mol. The number of anilines is 1. The maximum Gasteiger partial charge on any atom is 0.320 e. The lowest BCUT2D eigenvalue weighted by atomic mass is 9.94. The minimum atomic E-state index is -0.372. The first-order valence-electron chi connectivity index (χ1n) is 10.8. The van der Waals surface area contributed by atoms with E-state index in [1.165, 1.54) is 24.3 Å². The van der Waals surface area contributed by atoms with Crippen molar-refractivity contribution in [1.29, 1.82) is 0 Å². The van der Waals surface area contributed by atoms with Crippen molar-refractivity contribution in [3.05, 3.63) is 71.8 Å². The Balaban J connectivity index is 1.46. The van der Waals surface area contributed by atoms with E-state index in [0.29, 0.717) is 31.2 Å². The number of hydrogen-bond donors (Lipinski definition) is 2. The monoisotopic (exact) mass is 455 g/mol. The molecule has 4 rings (SSSR count). The van der Waals surface area contributed by atoms with Crippen LogP contribution < -0.4 is 10.6 Å². The topological polar surface area (TPSA) is 71.4 Å². The fraction of sp³-hybridized carbons (Fsp3) is 0.333. The lowest BCUT2D eigenvalue weighted by Gasteiger charge is -2.20. The van der Waals surface area contributed by atoms with Crippen LogP contribution in [0.1, 0.15) is 11.5 Å². The van der Waals surface area contributed by atoms with Gasteiger partial charge < -0.3 is 10.1 Å². The molecule has 2 amide bonds. The Morgan fingerprint density at radius 1 is 1.12 bits per heavy atom. The van der Waals surface area contributed by atoms with Crippen molar-refractivity contribution >= 4 is 11.8 Å². The van der Waals surface area contributed by atoms with Crippen LogP contribution in [0, 0.1) is 11.6 Å². The van der Waals surface area contributed by atoms with Crippen molar-refractivity contribution in [2.45, 2.75) is 12.0 Å². The van der Waals surface area contributed by atoms with Crippen molar-refractivity contribution < 1.29 is 18.3 Å². The molecule has 2 aromatic carbocycles. The molecule has 1 fully saturated rings. The third-order valence-corrected chi connectivity index (χ3v) is 5.86. The first-order chi connectivity index (χ1) is 15.9. The van der Waals surface area contributed by atoms with Crippen LogP contribution in [0.25, 0.3) is 11.3 Å². The molecule has 0 spiro atoms. The van der Waals surface area contributed by atoms with Crippen molar-refractivity contribution in [2.24, 2.45) is 7.05 Å². The van der Waals surface area contributed by atoms with Crippen molar-refractivity contribution in [3.63, 3.8) is 0 Å². The highest BCUT2D eigenvalue weighted by Gasteiger charge is 2.35. The number of rotatable bonds is 7. The average molecular weight is 456 g/mol. The molecule has 33 heavy (non-hydrogen) atoms. The Hall–Kier alpha value is -3.30. The summed E-state index contributed by atoms with van der Waals surface area (Å²) in [6, 6.07) is 13.7. The SMILES string of the molecule is COCCN1CC(NC(=O)Nc2cc(-c3ccc(F)cc3)nn2C)C(c2cccc(F)c2)C1. The fourth-order valence-corrected chi connectivity index (χ4v) is 4.18. The average Bonchev–Trinajstić information content (AvgIpc) is 3.36. The standard InChI is InChI=1S/C24H27F2N5O2/c1-30-23(13-21(29-30)16-6-8-18(25)9-7-16)28-24(32)27-22-15-31(10-11-33-2)14-20(22)17-4-3-5-19(26)12-17/h3-9,12-13,20,22H,10-11,14-15H2,1-2H3,(H2,27,28,32). The number of carbonyl (C=O) groups excluding carboxylic acids is 1. The number of aromatic nitrogens is 2. The molecule has 0 saturated carbocycles. The second-order valence-corrected chi connectivity index (χ2v) is 8.16. The number of carbonyl (C=O) groups is 1. The summed E-state index contributed by atoms with van der Waals surface area (Å²) in [7, 11) is 3.37. The molecule has 7 nitrogen and oxygen atoms in total. The molecule has 1 aromatic heterocycles. The van der Waals surface area contributed by atoms with Gasteiger partial charge in [-0.15, -0.1) is 0 Å². The van der Waals surface area contributed by atoms with E-state index in [2.05, 4.69) is 20.6 Å². The summed E-state index contributed by atoms with van der Waals surface area (Å²) in [6.07, 6.45) is 0. The minimum absolute atomic E-state index is 0.0513. The molecule has 174 valence electrons. The number of nitrogens with one attached hydrogen (secondary N) is 2. The highest BCUT2D eigenvalue weighted by atomic mass is 19.1. The van der Waals surface area contributed by atoms with Crippen LogP contribution in [0.2, 0.25) is 0 Å². The van der Waals surface area contributed by atoms with Gasteiger partial charge in [-0.1, -0.05) is 12.1 Å². The van der Waals surface area contributed by atoms with Crippen LogP contribution in [-0.4, -0.2) is 60.1 Å². The predicted molar refractivity (Wildman–Crippen MR) is 122 cm³/mol. The van der Waals surface area contributed by atoms with E-state index in [1.54, 1.807) is 43.1 Å². The lowest BCUT2D eigenvalue weighted by molar-refractivity contribution is 0.159. The van der Waals surface area contributed by atoms with E-state index in [9.17, 15) is 13.6 Å². The van der Waals surface area contributed by atoms with E-state index in [0.717, 1.165) is 17.7 Å². The second-order valence-electron chi connectivity index (χ2n) is 8.16. The van der Waals surface area contributed by atoms with Crippen LogP contribution in [0.3, 0.4) is 0 Å². The van der Waals surface area contributed by atoms with Gasteiger partial charge in [0.05, 0.1) is 18.3 Å². The van der Waals surface area contributed by atoms with E-state index in [1.807, 2.05) is 6.07 Å². The molecule has 2 heterocycles. The summed E-state index contributed by atoms with van der Waals surface area (Å²) in [6.45, 7) is 2.63. The van der Waals surface area contributed by atoms with Crippen LogP contribution in [-0.2, 0) is 11.8 Å². The van der Waals surface area contributed by atoms with Gasteiger partial charge in [0, 0.05) is 51.3 Å². The van der Waals surface area contributed by atoms with Gasteiger partial charge in [-0.2, -0.15) is 5.10 Å². The molecule has 0 bridgehead atoms. The van der Waals surface area contributed by atoms with E-state index < -0.39 is 0 Å². The summed E-state index contributed by atoms with van der Waals surface area (Å²) in [5, 5.41) is 10.3. The number of likely N-dealkylation sites (tertiary alicyclic amines) is 1. The van der Waals surface area contributed by atoms with Gasteiger partial charge in [-0.3, -0.25) is 14.9 Å². The number of benzene rings is 2. The maximum atomic E-state index is 13.8. The van der Waals surface area contributed by atoms with Crippen molar-refractivity contribution in [2.75, 3.05) is 38.7 Å². The Bertz CT molecular complexity index is 1100. The fourth-order valence-electron chi connectivity index (χ4n) is 4.18. The van der Waals surface area contributed by atoms with Crippen molar-refractivity contribution in [3.8, 4) is 11.3 Å². The minimum Gasteiger partial charge on any atom is -0.383 e. The Morgan fingerprint density at radius 2 is 1.91 bits per heavy atom. The number of ether oxygens (including phenoxy) is 1. The van der Waals surface area contributed by atoms with Gasteiger partial charge in [0.25, 0.3) is 0 Å². The zero-order valence-electron chi connectivity index (χ0n) is 18.6. The molecule has 3 aromatic rings. The third kappa shape index (κ3) is 5.55. The van der Waals surface area contributed by atoms with Gasteiger partial charge in [-0.25, -0.2) is 13.6 Å². The molecule has 1 aliphatic heterocycles. The van der Waals surface area contributed by atoms with Crippen LogP contribution in [0.4, 0.5) is 19.4 Å².